The predicted octanol–water partition coefficient (Wildman–Crippen LogP) is 0.681. The molecule has 0 unspecified atom stereocenters. The number of nitrogens with one attached hydrogen (secondary N) is 1. The van der Waals surface area contributed by atoms with Gasteiger partial charge in [0.05, 0.1) is 6.10 Å². The molecule has 2 fully saturated rings. The molecule has 2 aliphatic rings. The molecule has 0 aromatic carbocycles. The first-order valence-corrected chi connectivity index (χ1v) is 8.54. The van der Waals surface area contributed by atoms with Gasteiger partial charge in [0.25, 0.3) is 0 Å². The Morgan fingerprint density at radius 3 is 2.71 bits per heavy atom. The molecule has 2 rings (SSSR count). The number of nitrogens with zero attached hydrogens (tertiary/aromatic N) is 2. The Kier molecular flexibility index (Phi) is 6.93. The molecule has 0 bridgehead atoms. The maximum atomic E-state index is 11.5. The molecule has 0 saturated carbocycles. The van der Waals surface area contributed by atoms with E-state index in [1.54, 1.807) is 0 Å². The summed E-state index contributed by atoms with van der Waals surface area (Å²) < 4.78 is 0. The number of aliphatic hydroxyl groups is 1. The zero-order valence-electron chi connectivity index (χ0n) is 13.4. The van der Waals surface area contributed by atoms with E-state index in [-0.39, 0.29) is 6.10 Å². The maximum absolute atomic E-state index is 11.5. The van der Waals surface area contributed by atoms with E-state index in [1.165, 1.54) is 12.8 Å². The number of β-amino-alcohol motifs (C(OH)–C–C–N with tert-alkyl or cyclic N) is 1. The predicted molar refractivity (Wildman–Crippen MR) is 84.1 cm³/mol. The van der Waals surface area contributed by atoms with Gasteiger partial charge in [-0.25, -0.2) is 0 Å². The Balaban J connectivity index is 1.47. The standard InChI is InChI=1S/C16H31N3O2/c1-14(20)13-18-10-5-15(6-11-18)12-17-7-3-9-19-8-2-4-16(19)21/h14-15,17,20H,2-13H2,1H3/t14-/m1/s1. The first-order valence-electron chi connectivity index (χ1n) is 8.54. The lowest BCUT2D eigenvalue weighted by Gasteiger charge is -2.32. The van der Waals surface area contributed by atoms with Crippen molar-refractivity contribution < 1.29 is 9.90 Å². The van der Waals surface area contributed by atoms with Crippen molar-refractivity contribution in [3.8, 4) is 0 Å². The summed E-state index contributed by atoms with van der Waals surface area (Å²) in [5, 5.41) is 12.9. The summed E-state index contributed by atoms with van der Waals surface area (Å²) in [4.78, 5) is 15.8. The molecule has 0 aliphatic carbocycles. The summed E-state index contributed by atoms with van der Waals surface area (Å²) in [7, 11) is 0. The second-order valence-electron chi connectivity index (χ2n) is 6.64. The van der Waals surface area contributed by atoms with E-state index < -0.39 is 0 Å². The van der Waals surface area contributed by atoms with Gasteiger partial charge in [-0.15, -0.1) is 0 Å². The van der Waals surface area contributed by atoms with Gasteiger partial charge in [-0.05, 0) is 64.7 Å². The molecular weight excluding hydrogens is 266 g/mol. The number of hydrogen-bond donors (Lipinski definition) is 2. The summed E-state index contributed by atoms with van der Waals surface area (Å²) in [6.45, 7) is 8.87. The SMILES string of the molecule is C[C@@H](O)CN1CCC(CNCCCN2CCCC2=O)CC1. The molecular formula is C16H31N3O2. The molecule has 0 aromatic heterocycles. The molecule has 2 aliphatic heterocycles. The molecule has 0 spiro atoms. The Labute approximate surface area is 128 Å². The zero-order valence-corrected chi connectivity index (χ0v) is 13.4. The van der Waals surface area contributed by atoms with Crippen LogP contribution in [0.25, 0.3) is 0 Å². The van der Waals surface area contributed by atoms with Gasteiger partial charge in [-0.2, -0.15) is 0 Å². The number of carbonyl (C=O) groups excluding carboxylic acids is 1. The van der Waals surface area contributed by atoms with Gasteiger partial charge in [0, 0.05) is 26.1 Å². The van der Waals surface area contributed by atoms with Gasteiger partial charge in [0.1, 0.15) is 0 Å². The fraction of sp³-hybridized carbons (Fsp3) is 0.938. The summed E-state index contributed by atoms with van der Waals surface area (Å²) >= 11 is 0. The summed E-state index contributed by atoms with van der Waals surface area (Å²) in [6.07, 6.45) is 5.09. The minimum absolute atomic E-state index is 0.215. The lowest BCUT2D eigenvalue weighted by molar-refractivity contribution is -0.127. The summed E-state index contributed by atoms with van der Waals surface area (Å²) in [5.74, 6) is 1.10. The van der Waals surface area contributed by atoms with Gasteiger partial charge >= 0.3 is 0 Å². The molecule has 0 aromatic rings. The lowest BCUT2D eigenvalue weighted by Crippen LogP contribution is -2.40. The highest BCUT2D eigenvalue weighted by Gasteiger charge is 2.20. The highest BCUT2D eigenvalue weighted by Crippen LogP contribution is 2.16. The van der Waals surface area contributed by atoms with E-state index in [9.17, 15) is 9.90 Å². The molecule has 5 heteroatoms. The maximum Gasteiger partial charge on any atom is 0.222 e. The lowest BCUT2D eigenvalue weighted by atomic mass is 9.96. The van der Waals surface area contributed by atoms with Crippen molar-refractivity contribution >= 4 is 5.91 Å². The Bertz CT molecular complexity index is 315. The molecule has 5 nitrogen and oxygen atoms in total. The highest BCUT2D eigenvalue weighted by molar-refractivity contribution is 5.77. The van der Waals surface area contributed by atoms with E-state index in [0.29, 0.717) is 5.91 Å². The van der Waals surface area contributed by atoms with Crippen LogP contribution in [0.4, 0.5) is 0 Å². The second-order valence-corrected chi connectivity index (χ2v) is 6.64. The first-order chi connectivity index (χ1) is 10.1. The van der Waals surface area contributed by atoms with E-state index in [1.807, 2.05) is 11.8 Å². The third-order valence-electron chi connectivity index (χ3n) is 4.62. The van der Waals surface area contributed by atoms with E-state index >= 15 is 0 Å². The van der Waals surface area contributed by atoms with Crippen molar-refractivity contribution in [1.82, 2.24) is 15.1 Å². The van der Waals surface area contributed by atoms with Gasteiger partial charge < -0.3 is 20.2 Å². The van der Waals surface area contributed by atoms with E-state index in [0.717, 1.165) is 71.0 Å². The van der Waals surface area contributed by atoms with Crippen molar-refractivity contribution in [2.45, 2.75) is 45.1 Å². The summed E-state index contributed by atoms with van der Waals surface area (Å²) in [6, 6.07) is 0. The number of carbonyl (C=O) groups is 1. The number of hydrogen-bond acceptors (Lipinski definition) is 4. The van der Waals surface area contributed by atoms with Gasteiger partial charge in [0.2, 0.25) is 5.91 Å². The topological polar surface area (TPSA) is 55.8 Å². The third kappa shape index (κ3) is 5.93. The molecule has 122 valence electrons. The van der Waals surface area contributed by atoms with Crippen LogP contribution >= 0.6 is 0 Å². The van der Waals surface area contributed by atoms with E-state index in [4.69, 9.17) is 0 Å². The van der Waals surface area contributed by atoms with Crippen molar-refractivity contribution in [1.29, 1.82) is 0 Å². The average molecular weight is 297 g/mol. The largest absolute Gasteiger partial charge is 0.392 e. The monoisotopic (exact) mass is 297 g/mol. The number of aliphatic hydroxyl groups excluding tert-OH is 1. The first kappa shape index (κ1) is 16.7. The van der Waals surface area contributed by atoms with Crippen molar-refractivity contribution in [2.75, 3.05) is 45.8 Å². The van der Waals surface area contributed by atoms with Crippen LogP contribution < -0.4 is 5.32 Å². The Morgan fingerprint density at radius 1 is 1.33 bits per heavy atom. The van der Waals surface area contributed by atoms with Gasteiger partial charge in [0.15, 0.2) is 0 Å². The van der Waals surface area contributed by atoms with Crippen LogP contribution in [-0.2, 0) is 4.79 Å². The molecule has 2 saturated heterocycles. The van der Waals surface area contributed by atoms with Crippen LogP contribution in [0.5, 0.6) is 0 Å². The summed E-state index contributed by atoms with van der Waals surface area (Å²) in [5.41, 5.74) is 0. The average Bonchev–Trinajstić information content (AvgIpc) is 2.85. The minimum Gasteiger partial charge on any atom is -0.392 e. The zero-order chi connectivity index (χ0) is 15.1. The van der Waals surface area contributed by atoms with Gasteiger partial charge in [-0.1, -0.05) is 0 Å². The molecule has 2 N–H and O–H groups in total. The molecule has 2 heterocycles. The highest BCUT2D eigenvalue weighted by atomic mass is 16.3. The van der Waals surface area contributed by atoms with Crippen LogP contribution in [0.2, 0.25) is 0 Å². The van der Waals surface area contributed by atoms with Crippen LogP contribution in [0.15, 0.2) is 0 Å². The molecule has 21 heavy (non-hydrogen) atoms. The minimum atomic E-state index is -0.215. The number of piperidine rings is 1. The molecule has 0 radical (unpaired) electrons. The molecule has 1 atom stereocenters. The van der Waals surface area contributed by atoms with Crippen molar-refractivity contribution in [2.24, 2.45) is 5.92 Å². The van der Waals surface area contributed by atoms with Crippen LogP contribution in [0, 0.1) is 5.92 Å². The number of likely N-dealkylation sites (tertiary alicyclic amines) is 2. The number of amides is 1. The van der Waals surface area contributed by atoms with Crippen LogP contribution in [0.1, 0.15) is 39.0 Å². The van der Waals surface area contributed by atoms with Gasteiger partial charge in [-0.3, -0.25) is 4.79 Å². The fourth-order valence-corrected chi connectivity index (χ4v) is 3.39. The van der Waals surface area contributed by atoms with E-state index in [2.05, 4.69) is 10.2 Å². The quantitative estimate of drug-likeness (QED) is 0.647. The normalized spacial score (nSPS) is 23.0. The van der Waals surface area contributed by atoms with Crippen LogP contribution in [-0.4, -0.2) is 72.7 Å². The third-order valence-corrected chi connectivity index (χ3v) is 4.62. The molecule has 1 amide bonds. The Hall–Kier alpha value is -0.650. The van der Waals surface area contributed by atoms with Crippen molar-refractivity contribution in [3.63, 3.8) is 0 Å². The van der Waals surface area contributed by atoms with Crippen molar-refractivity contribution in [3.05, 3.63) is 0 Å². The fourth-order valence-electron chi connectivity index (χ4n) is 3.39. The smallest absolute Gasteiger partial charge is 0.222 e. The number of rotatable bonds is 8. The van der Waals surface area contributed by atoms with Crippen LogP contribution in [0.3, 0.4) is 0 Å². The Morgan fingerprint density at radius 2 is 2.10 bits per heavy atom. The second kappa shape index (κ2) is 8.71.